The van der Waals surface area contributed by atoms with E-state index in [9.17, 15) is 4.79 Å². The molecule has 1 atom stereocenters. The van der Waals surface area contributed by atoms with Gasteiger partial charge in [0.2, 0.25) is 0 Å². The molecule has 4 rings (SSSR count). The summed E-state index contributed by atoms with van der Waals surface area (Å²) in [6.45, 7) is 2.02. The summed E-state index contributed by atoms with van der Waals surface area (Å²) < 4.78 is 5.25. The molecule has 1 aromatic carbocycles. The van der Waals surface area contributed by atoms with Gasteiger partial charge in [0.25, 0.3) is 6.01 Å². The number of nitrogens with zero attached hydrogens (tertiary/aromatic N) is 2. The second-order valence-corrected chi connectivity index (χ2v) is 7.16. The van der Waals surface area contributed by atoms with E-state index in [0.29, 0.717) is 6.01 Å². The number of anilines is 1. The molecule has 2 aliphatic rings. The van der Waals surface area contributed by atoms with Crippen molar-refractivity contribution in [3.63, 3.8) is 0 Å². The first-order valence-corrected chi connectivity index (χ1v) is 8.89. The number of oxazole rings is 1. The van der Waals surface area contributed by atoms with Crippen LogP contribution >= 0.6 is 0 Å². The van der Waals surface area contributed by atoms with Crippen LogP contribution in [0.15, 0.2) is 41.0 Å². The van der Waals surface area contributed by atoms with Gasteiger partial charge < -0.3 is 14.8 Å². The molecule has 1 unspecified atom stereocenters. The van der Waals surface area contributed by atoms with Crippen molar-refractivity contribution < 1.29 is 14.3 Å². The average molecular weight is 341 g/mol. The molecule has 2 heterocycles. The summed E-state index contributed by atoms with van der Waals surface area (Å²) in [6.07, 6.45) is 6.96. The Morgan fingerprint density at radius 1 is 1.36 bits per heavy atom. The number of benzene rings is 1. The minimum absolute atomic E-state index is 0.0534. The van der Waals surface area contributed by atoms with Crippen LogP contribution in [0.1, 0.15) is 48.2 Å². The highest BCUT2D eigenvalue weighted by molar-refractivity contribution is 5.85. The van der Waals surface area contributed by atoms with Crippen molar-refractivity contribution in [1.82, 2.24) is 9.88 Å². The number of hydrogen-bond acceptors (Lipinski definition) is 5. The van der Waals surface area contributed by atoms with Crippen molar-refractivity contribution in [1.29, 1.82) is 0 Å². The molecule has 1 aliphatic carbocycles. The van der Waals surface area contributed by atoms with Crippen molar-refractivity contribution >= 4 is 12.0 Å². The fraction of sp³-hybridized carbons (Fsp3) is 0.474. The number of carbonyl (C=O) groups is 1. The highest BCUT2D eigenvalue weighted by Gasteiger charge is 2.46. The first-order valence-electron chi connectivity index (χ1n) is 8.89. The molecule has 6 heteroatoms. The van der Waals surface area contributed by atoms with Crippen LogP contribution in [-0.2, 0) is 6.54 Å². The first-order chi connectivity index (χ1) is 12.1. The zero-order valence-electron chi connectivity index (χ0n) is 14.1. The van der Waals surface area contributed by atoms with Gasteiger partial charge in [-0.05, 0) is 37.7 Å². The van der Waals surface area contributed by atoms with E-state index in [0.717, 1.165) is 25.9 Å². The molecule has 2 fully saturated rings. The monoisotopic (exact) mass is 341 g/mol. The van der Waals surface area contributed by atoms with E-state index in [1.807, 2.05) is 0 Å². The Morgan fingerprint density at radius 2 is 2.16 bits per heavy atom. The summed E-state index contributed by atoms with van der Waals surface area (Å²) in [5.41, 5.74) is 1.56. The van der Waals surface area contributed by atoms with Crippen molar-refractivity contribution in [3.8, 4) is 0 Å². The Labute approximate surface area is 146 Å². The number of rotatable bonds is 5. The van der Waals surface area contributed by atoms with Gasteiger partial charge in [-0.25, -0.2) is 4.79 Å². The lowest BCUT2D eigenvalue weighted by Gasteiger charge is -2.55. The van der Waals surface area contributed by atoms with Crippen LogP contribution in [0.2, 0.25) is 0 Å². The van der Waals surface area contributed by atoms with E-state index >= 15 is 0 Å². The second-order valence-electron chi connectivity index (χ2n) is 7.16. The van der Waals surface area contributed by atoms with Crippen molar-refractivity contribution in [2.24, 2.45) is 0 Å². The lowest BCUT2D eigenvalue weighted by Crippen LogP contribution is -2.59. The van der Waals surface area contributed by atoms with Gasteiger partial charge >= 0.3 is 5.97 Å². The van der Waals surface area contributed by atoms with Crippen LogP contribution in [0.3, 0.4) is 0 Å². The molecule has 0 radical (unpaired) electrons. The third-order valence-corrected chi connectivity index (χ3v) is 5.60. The lowest BCUT2D eigenvalue weighted by molar-refractivity contribution is -0.0271. The zero-order valence-corrected chi connectivity index (χ0v) is 14.1. The largest absolute Gasteiger partial charge is 0.476 e. The second kappa shape index (κ2) is 6.52. The molecular formula is C19H23N3O3. The average Bonchev–Trinajstić information content (AvgIpc) is 3.04. The zero-order chi connectivity index (χ0) is 17.3. The first kappa shape index (κ1) is 16.1. The predicted molar refractivity (Wildman–Crippen MR) is 93.5 cm³/mol. The number of aromatic carboxylic acids is 1. The standard InChI is InChI=1S/C19H23N3O3/c23-17(24)16-13-25-18(21-16)20-15-7-10-22(19(11-15)8-4-9-19)12-14-5-2-1-3-6-14/h1-3,5-6,13,15H,4,7-12H2,(H,20,21)(H,23,24). The van der Waals surface area contributed by atoms with Crippen LogP contribution in [0, 0.1) is 0 Å². The van der Waals surface area contributed by atoms with Crippen molar-refractivity contribution in [2.75, 3.05) is 11.9 Å². The molecule has 2 aromatic rings. The normalized spacial score (nSPS) is 22.5. The van der Waals surface area contributed by atoms with E-state index in [1.54, 1.807) is 0 Å². The molecule has 25 heavy (non-hydrogen) atoms. The molecule has 1 aliphatic heterocycles. The Hall–Kier alpha value is -2.34. The third kappa shape index (κ3) is 3.26. The van der Waals surface area contributed by atoms with Gasteiger partial charge in [-0.15, -0.1) is 0 Å². The molecular weight excluding hydrogens is 318 g/mol. The molecule has 132 valence electrons. The predicted octanol–water partition coefficient (Wildman–Crippen LogP) is 3.37. The molecule has 2 N–H and O–H groups in total. The molecule has 0 amide bonds. The molecule has 1 spiro atoms. The van der Waals surface area contributed by atoms with Gasteiger partial charge in [-0.1, -0.05) is 30.3 Å². The van der Waals surface area contributed by atoms with Crippen LogP contribution in [-0.4, -0.2) is 39.1 Å². The Balaban J connectivity index is 1.42. The number of carboxylic acid groups (broad SMARTS) is 1. The maximum atomic E-state index is 10.9. The van der Waals surface area contributed by atoms with Crippen molar-refractivity contribution in [3.05, 3.63) is 47.9 Å². The third-order valence-electron chi connectivity index (χ3n) is 5.60. The van der Waals surface area contributed by atoms with E-state index in [-0.39, 0.29) is 17.3 Å². The molecule has 1 saturated carbocycles. The summed E-state index contributed by atoms with van der Waals surface area (Å²) >= 11 is 0. The maximum absolute atomic E-state index is 10.9. The fourth-order valence-electron chi connectivity index (χ4n) is 4.13. The number of carboxylic acids is 1. The van der Waals surface area contributed by atoms with Gasteiger partial charge in [-0.2, -0.15) is 4.98 Å². The number of nitrogens with one attached hydrogen (secondary N) is 1. The van der Waals surface area contributed by atoms with Crippen molar-refractivity contribution in [2.45, 2.75) is 50.2 Å². The number of likely N-dealkylation sites (tertiary alicyclic amines) is 1. The fourth-order valence-corrected chi connectivity index (χ4v) is 4.13. The Kier molecular flexibility index (Phi) is 4.21. The molecule has 6 nitrogen and oxygen atoms in total. The highest BCUT2D eigenvalue weighted by atomic mass is 16.4. The smallest absolute Gasteiger partial charge is 0.357 e. The molecule has 1 saturated heterocycles. The summed E-state index contributed by atoms with van der Waals surface area (Å²) in [6, 6.07) is 11.2. The summed E-state index contributed by atoms with van der Waals surface area (Å²) in [5.74, 6) is -1.06. The number of piperidine rings is 1. The van der Waals surface area contributed by atoms with Gasteiger partial charge in [0.05, 0.1) is 0 Å². The summed E-state index contributed by atoms with van der Waals surface area (Å²) in [5, 5.41) is 12.2. The van der Waals surface area contributed by atoms with E-state index in [1.165, 1.54) is 31.1 Å². The van der Waals surface area contributed by atoms with Crippen LogP contribution in [0.4, 0.5) is 6.01 Å². The maximum Gasteiger partial charge on any atom is 0.357 e. The molecule has 0 bridgehead atoms. The minimum atomic E-state index is -1.06. The van der Waals surface area contributed by atoms with Crippen LogP contribution in [0.5, 0.6) is 0 Å². The SMILES string of the molecule is O=C(O)c1coc(NC2CCN(Cc3ccccc3)C3(CCC3)C2)n1. The molecule has 1 aromatic heterocycles. The highest BCUT2D eigenvalue weighted by Crippen LogP contribution is 2.45. The quantitative estimate of drug-likeness (QED) is 0.868. The lowest BCUT2D eigenvalue weighted by atomic mass is 9.68. The van der Waals surface area contributed by atoms with E-state index in [4.69, 9.17) is 9.52 Å². The Bertz CT molecular complexity index is 739. The number of hydrogen-bond donors (Lipinski definition) is 2. The van der Waals surface area contributed by atoms with Crippen LogP contribution in [0.25, 0.3) is 0 Å². The minimum Gasteiger partial charge on any atom is -0.476 e. The number of aromatic nitrogens is 1. The summed E-state index contributed by atoms with van der Waals surface area (Å²) in [4.78, 5) is 17.5. The van der Waals surface area contributed by atoms with Gasteiger partial charge in [0.1, 0.15) is 6.26 Å². The topological polar surface area (TPSA) is 78.6 Å². The van der Waals surface area contributed by atoms with E-state index in [2.05, 4.69) is 45.5 Å². The summed E-state index contributed by atoms with van der Waals surface area (Å²) in [7, 11) is 0. The van der Waals surface area contributed by atoms with Crippen LogP contribution < -0.4 is 5.32 Å². The van der Waals surface area contributed by atoms with Gasteiger partial charge in [0.15, 0.2) is 5.69 Å². The van der Waals surface area contributed by atoms with E-state index < -0.39 is 5.97 Å². The van der Waals surface area contributed by atoms with Gasteiger partial charge in [-0.3, -0.25) is 4.90 Å². The Morgan fingerprint density at radius 3 is 2.80 bits per heavy atom. The van der Waals surface area contributed by atoms with Gasteiger partial charge in [0, 0.05) is 24.7 Å².